The molecule has 0 aliphatic rings. The van der Waals surface area contributed by atoms with Gasteiger partial charge in [0.2, 0.25) is 5.82 Å². The molecule has 0 unspecified atom stereocenters. The van der Waals surface area contributed by atoms with Gasteiger partial charge in [-0.15, -0.1) is 5.10 Å². The zero-order valence-electron chi connectivity index (χ0n) is 6.44. The summed E-state index contributed by atoms with van der Waals surface area (Å²) in [5.41, 5.74) is 5.61. The van der Waals surface area contributed by atoms with Gasteiger partial charge in [0.15, 0.2) is 5.65 Å². The van der Waals surface area contributed by atoms with Crippen molar-refractivity contribution in [1.29, 1.82) is 0 Å². The van der Waals surface area contributed by atoms with E-state index in [-0.39, 0.29) is 5.82 Å². The first-order chi connectivity index (χ1) is 6.16. The van der Waals surface area contributed by atoms with Crippen LogP contribution in [0, 0.1) is 0 Å². The van der Waals surface area contributed by atoms with E-state index in [1.54, 1.807) is 18.3 Å². The molecule has 0 aliphatic heterocycles. The number of hydrogen-bond acceptors (Lipinski definition) is 3. The second-order valence-electron chi connectivity index (χ2n) is 2.45. The number of nitrogens with two attached hydrogens (primary N) is 1. The van der Waals surface area contributed by atoms with Crippen molar-refractivity contribution in [2.24, 2.45) is 5.73 Å². The van der Waals surface area contributed by atoms with Crippen molar-refractivity contribution in [2.75, 3.05) is 0 Å². The molecular weight excluding hydrogens is 236 g/mol. The highest BCUT2D eigenvalue weighted by Crippen LogP contribution is 2.11. The quantitative estimate of drug-likeness (QED) is 0.793. The highest BCUT2D eigenvalue weighted by Gasteiger charge is 2.07. The Balaban J connectivity index is 2.68. The van der Waals surface area contributed by atoms with Crippen LogP contribution in [-0.4, -0.2) is 20.5 Å². The standard InChI is InChI=1S/C7H5BrN4O/c8-4-1-2-12-5(3-4)10-7(11-12)6(9)13/h1-3H,(H2,9,13). The van der Waals surface area contributed by atoms with Gasteiger partial charge in [-0.3, -0.25) is 4.79 Å². The van der Waals surface area contributed by atoms with Gasteiger partial charge in [0.1, 0.15) is 0 Å². The summed E-state index contributed by atoms with van der Waals surface area (Å²) in [5.74, 6) is -0.599. The van der Waals surface area contributed by atoms with Crippen LogP contribution in [0.25, 0.3) is 5.65 Å². The molecule has 6 heteroatoms. The van der Waals surface area contributed by atoms with Gasteiger partial charge in [0.05, 0.1) is 0 Å². The fourth-order valence-electron chi connectivity index (χ4n) is 0.961. The van der Waals surface area contributed by atoms with Crippen molar-refractivity contribution < 1.29 is 4.79 Å². The molecule has 0 radical (unpaired) electrons. The van der Waals surface area contributed by atoms with Crippen molar-refractivity contribution in [3.05, 3.63) is 28.6 Å². The zero-order chi connectivity index (χ0) is 9.42. The summed E-state index contributed by atoms with van der Waals surface area (Å²) < 4.78 is 2.37. The number of rotatable bonds is 1. The Morgan fingerprint density at radius 1 is 1.62 bits per heavy atom. The zero-order valence-corrected chi connectivity index (χ0v) is 8.02. The van der Waals surface area contributed by atoms with Gasteiger partial charge in [-0.25, -0.2) is 9.50 Å². The lowest BCUT2D eigenvalue weighted by Crippen LogP contribution is -2.12. The third-order valence-electron chi connectivity index (χ3n) is 1.52. The average molecular weight is 241 g/mol. The van der Waals surface area contributed by atoms with Crippen LogP contribution in [0.5, 0.6) is 0 Å². The fourth-order valence-corrected chi connectivity index (χ4v) is 1.28. The number of nitrogens with zero attached hydrogens (tertiary/aromatic N) is 3. The Hall–Kier alpha value is -1.43. The maximum atomic E-state index is 10.7. The molecule has 2 heterocycles. The Bertz CT molecular complexity index is 478. The van der Waals surface area contributed by atoms with Gasteiger partial charge in [0.25, 0.3) is 5.91 Å². The minimum Gasteiger partial charge on any atom is -0.363 e. The summed E-state index contributed by atoms with van der Waals surface area (Å²) >= 11 is 3.28. The Labute approximate surface area is 81.7 Å². The third-order valence-corrected chi connectivity index (χ3v) is 2.01. The van der Waals surface area contributed by atoms with Crippen molar-refractivity contribution in [2.45, 2.75) is 0 Å². The lowest BCUT2D eigenvalue weighted by Gasteiger charge is -1.89. The van der Waals surface area contributed by atoms with Crippen molar-refractivity contribution in [3.8, 4) is 0 Å². The smallest absolute Gasteiger partial charge is 0.288 e. The van der Waals surface area contributed by atoms with E-state index in [4.69, 9.17) is 5.73 Å². The fraction of sp³-hybridized carbons (Fsp3) is 0. The van der Waals surface area contributed by atoms with Gasteiger partial charge in [-0.1, -0.05) is 15.9 Å². The first-order valence-electron chi connectivity index (χ1n) is 3.48. The molecule has 0 bridgehead atoms. The monoisotopic (exact) mass is 240 g/mol. The van der Waals surface area contributed by atoms with E-state index in [1.165, 1.54) is 4.52 Å². The number of hydrogen-bond donors (Lipinski definition) is 1. The van der Waals surface area contributed by atoms with Gasteiger partial charge in [0, 0.05) is 10.7 Å². The molecule has 0 atom stereocenters. The van der Waals surface area contributed by atoms with E-state index < -0.39 is 5.91 Å². The molecular formula is C7H5BrN4O. The topological polar surface area (TPSA) is 73.3 Å². The van der Waals surface area contributed by atoms with Crippen LogP contribution in [0.3, 0.4) is 0 Å². The van der Waals surface area contributed by atoms with Gasteiger partial charge < -0.3 is 5.73 Å². The van der Waals surface area contributed by atoms with E-state index in [0.717, 1.165) is 4.47 Å². The first kappa shape index (κ1) is 8.18. The predicted molar refractivity (Wildman–Crippen MR) is 49.2 cm³/mol. The molecule has 0 saturated heterocycles. The van der Waals surface area contributed by atoms with Crippen LogP contribution < -0.4 is 5.73 Å². The lowest BCUT2D eigenvalue weighted by molar-refractivity contribution is 0.0990. The second kappa shape index (κ2) is 2.81. The van der Waals surface area contributed by atoms with Crippen LogP contribution in [-0.2, 0) is 0 Å². The Morgan fingerprint density at radius 3 is 3.08 bits per heavy atom. The SMILES string of the molecule is NC(=O)c1nc2cc(Br)ccn2n1. The van der Waals surface area contributed by atoms with E-state index in [0.29, 0.717) is 5.65 Å². The summed E-state index contributed by atoms with van der Waals surface area (Å²) in [7, 11) is 0. The molecule has 5 nitrogen and oxygen atoms in total. The van der Waals surface area contributed by atoms with Gasteiger partial charge in [-0.2, -0.15) is 0 Å². The molecule has 2 aromatic rings. The van der Waals surface area contributed by atoms with Crippen molar-refractivity contribution >= 4 is 27.5 Å². The van der Waals surface area contributed by atoms with Crippen LogP contribution in [0.15, 0.2) is 22.8 Å². The van der Waals surface area contributed by atoms with E-state index in [2.05, 4.69) is 26.0 Å². The second-order valence-corrected chi connectivity index (χ2v) is 3.36. The molecule has 2 rings (SSSR count). The number of aromatic nitrogens is 3. The van der Waals surface area contributed by atoms with E-state index >= 15 is 0 Å². The van der Waals surface area contributed by atoms with E-state index in [1.807, 2.05) is 0 Å². The molecule has 0 fully saturated rings. The number of carbonyl (C=O) groups is 1. The first-order valence-corrected chi connectivity index (χ1v) is 4.28. The summed E-state index contributed by atoms with van der Waals surface area (Å²) in [6.07, 6.45) is 1.69. The number of halogens is 1. The van der Waals surface area contributed by atoms with Crippen LogP contribution in [0.1, 0.15) is 10.6 Å². The molecule has 2 N–H and O–H groups in total. The Morgan fingerprint density at radius 2 is 2.38 bits per heavy atom. The number of amides is 1. The normalized spacial score (nSPS) is 10.5. The highest BCUT2D eigenvalue weighted by molar-refractivity contribution is 9.10. The molecule has 0 saturated carbocycles. The third kappa shape index (κ3) is 1.40. The predicted octanol–water partition coefficient (Wildman–Crippen LogP) is 0.591. The Kier molecular flexibility index (Phi) is 1.77. The molecule has 0 spiro atoms. The number of fused-ring (bicyclic) bond motifs is 1. The van der Waals surface area contributed by atoms with Gasteiger partial charge in [-0.05, 0) is 12.1 Å². The molecule has 2 aromatic heterocycles. The van der Waals surface area contributed by atoms with Crippen LogP contribution in [0.4, 0.5) is 0 Å². The lowest BCUT2D eigenvalue weighted by atomic mass is 10.5. The summed E-state index contributed by atoms with van der Waals surface area (Å²) in [4.78, 5) is 14.6. The van der Waals surface area contributed by atoms with Crippen molar-refractivity contribution in [3.63, 3.8) is 0 Å². The summed E-state index contributed by atoms with van der Waals surface area (Å²) in [6, 6.07) is 3.55. The molecule has 66 valence electrons. The summed E-state index contributed by atoms with van der Waals surface area (Å²) in [5, 5.41) is 3.86. The number of carbonyl (C=O) groups excluding carboxylic acids is 1. The minimum atomic E-state index is -0.625. The molecule has 0 aromatic carbocycles. The molecule has 0 aliphatic carbocycles. The van der Waals surface area contributed by atoms with Crippen LogP contribution >= 0.6 is 15.9 Å². The van der Waals surface area contributed by atoms with E-state index in [9.17, 15) is 4.79 Å². The highest BCUT2D eigenvalue weighted by atomic mass is 79.9. The maximum absolute atomic E-state index is 10.7. The molecule has 1 amide bonds. The minimum absolute atomic E-state index is 0.0260. The summed E-state index contributed by atoms with van der Waals surface area (Å²) in [6.45, 7) is 0. The molecule has 13 heavy (non-hydrogen) atoms. The van der Waals surface area contributed by atoms with Crippen molar-refractivity contribution in [1.82, 2.24) is 14.6 Å². The average Bonchev–Trinajstić information content (AvgIpc) is 2.46. The maximum Gasteiger partial charge on any atom is 0.288 e. The largest absolute Gasteiger partial charge is 0.363 e. The number of pyridine rings is 1. The number of primary amides is 1. The van der Waals surface area contributed by atoms with Gasteiger partial charge >= 0.3 is 0 Å². The van der Waals surface area contributed by atoms with Crippen LogP contribution in [0.2, 0.25) is 0 Å².